The van der Waals surface area contributed by atoms with Crippen molar-refractivity contribution in [2.45, 2.75) is 6.18 Å². The van der Waals surface area contributed by atoms with Crippen molar-refractivity contribution in [3.05, 3.63) is 35.1 Å². The fraction of sp³-hybridized carbons (Fsp3) is 0.389. The van der Waals surface area contributed by atoms with Crippen LogP contribution < -0.4 is 10.2 Å². The van der Waals surface area contributed by atoms with Gasteiger partial charge in [-0.25, -0.2) is 14.6 Å². The second-order valence-electron chi connectivity index (χ2n) is 7.09. The topological polar surface area (TPSA) is 92.1 Å². The van der Waals surface area contributed by atoms with Crippen molar-refractivity contribution in [3.8, 4) is 0 Å². The van der Waals surface area contributed by atoms with Gasteiger partial charge in [-0.05, 0) is 18.2 Å². The molecule has 3 aromatic rings. The number of piperazine rings is 1. The molecule has 0 radical (unpaired) electrons. The van der Waals surface area contributed by atoms with Crippen LogP contribution in [0.25, 0.3) is 11.2 Å². The van der Waals surface area contributed by atoms with Crippen LogP contribution in [0.1, 0.15) is 5.56 Å². The minimum absolute atomic E-state index is 0.0325. The Kier molecular flexibility index (Phi) is 5.67. The van der Waals surface area contributed by atoms with Crippen LogP contribution in [0.5, 0.6) is 0 Å². The fourth-order valence-electron chi connectivity index (χ4n) is 3.38. The van der Waals surface area contributed by atoms with E-state index in [0.717, 1.165) is 18.2 Å². The first-order chi connectivity index (χ1) is 14.7. The van der Waals surface area contributed by atoms with Gasteiger partial charge in [0.1, 0.15) is 6.33 Å². The molecule has 0 spiro atoms. The molecule has 1 amide bonds. The van der Waals surface area contributed by atoms with E-state index in [1.807, 2.05) is 9.80 Å². The second kappa shape index (κ2) is 8.27. The number of carbonyl (C=O) groups excluding carboxylic acids is 1. The summed E-state index contributed by atoms with van der Waals surface area (Å²) in [6.45, 7) is 2.36. The number of halogens is 4. The van der Waals surface area contributed by atoms with Crippen molar-refractivity contribution in [1.29, 1.82) is 0 Å². The molecule has 2 aromatic heterocycles. The van der Waals surface area contributed by atoms with Crippen LogP contribution in [0, 0.1) is 0 Å². The Bertz CT molecular complexity index is 1110. The number of aryl methyl sites for hydroxylation is 1. The predicted molar refractivity (Wildman–Crippen MR) is 108 cm³/mol. The molecule has 3 heterocycles. The number of alkyl halides is 3. The zero-order valence-corrected chi connectivity index (χ0v) is 17.2. The summed E-state index contributed by atoms with van der Waals surface area (Å²) in [5.74, 6) is 0.242. The third-order valence-corrected chi connectivity index (χ3v) is 5.31. The molecule has 31 heavy (non-hydrogen) atoms. The number of anilines is 2. The van der Waals surface area contributed by atoms with Crippen LogP contribution in [0.3, 0.4) is 0 Å². The average molecular weight is 455 g/mol. The van der Waals surface area contributed by atoms with Crippen LogP contribution in [0.2, 0.25) is 5.02 Å². The van der Waals surface area contributed by atoms with Gasteiger partial charge in [-0.2, -0.15) is 13.2 Å². The number of carbonyl (C=O) groups is 1. The molecule has 0 atom stereocenters. The number of nitrogens with one attached hydrogen (secondary N) is 1. The molecule has 0 bridgehead atoms. The van der Waals surface area contributed by atoms with Crippen molar-refractivity contribution >= 4 is 40.2 Å². The number of hydrogen-bond donors (Lipinski definition) is 1. The lowest BCUT2D eigenvalue weighted by atomic mass is 10.2. The summed E-state index contributed by atoms with van der Waals surface area (Å²) >= 11 is 5.94. The number of fused-ring (bicyclic) bond motifs is 1. The Balaban J connectivity index is 1.36. The van der Waals surface area contributed by atoms with E-state index in [9.17, 15) is 18.0 Å². The molecule has 164 valence electrons. The lowest BCUT2D eigenvalue weighted by Gasteiger charge is -2.34. The van der Waals surface area contributed by atoms with Gasteiger partial charge in [0.15, 0.2) is 17.0 Å². The first-order valence-electron chi connectivity index (χ1n) is 9.36. The summed E-state index contributed by atoms with van der Waals surface area (Å²) < 4.78 is 40.3. The molecule has 1 aromatic carbocycles. The highest BCUT2D eigenvalue weighted by molar-refractivity contribution is 6.33. The Labute approximate surface area is 179 Å². The molecule has 1 aliphatic rings. The van der Waals surface area contributed by atoms with Gasteiger partial charge in [-0.15, -0.1) is 5.10 Å². The van der Waals surface area contributed by atoms with E-state index in [1.54, 1.807) is 11.7 Å². The van der Waals surface area contributed by atoms with Gasteiger partial charge in [0.25, 0.3) is 0 Å². The molecule has 4 rings (SSSR count). The van der Waals surface area contributed by atoms with Crippen LogP contribution in [-0.4, -0.2) is 68.5 Å². The number of aromatic nitrogens is 5. The third-order valence-electron chi connectivity index (χ3n) is 4.98. The summed E-state index contributed by atoms with van der Waals surface area (Å²) in [6, 6.07) is 2.82. The van der Waals surface area contributed by atoms with Gasteiger partial charge in [-0.3, -0.25) is 9.69 Å². The van der Waals surface area contributed by atoms with E-state index in [1.165, 1.54) is 6.33 Å². The molecule has 9 nitrogen and oxygen atoms in total. The first-order valence-corrected chi connectivity index (χ1v) is 9.74. The minimum Gasteiger partial charge on any atom is -0.352 e. The van der Waals surface area contributed by atoms with E-state index < -0.39 is 17.6 Å². The van der Waals surface area contributed by atoms with Gasteiger partial charge in [0.05, 0.1) is 22.8 Å². The molecule has 1 saturated heterocycles. The van der Waals surface area contributed by atoms with Gasteiger partial charge < -0.3 is 10.2 Å². The molecule has 1 N–H and O–H groups in total. The van der Waals surface area contributed by atoms with E-state index in [-0.39, 0.29) is 17.3 Å². The highest BCUT2D eigenvalue weighted by Gasteiger charge is 2.31. The quantitative estimate of drug-likeness (QED) is 0.646. The maximum absolute atomic E-state index is 12.9. The Morgan fingerprint density at radius 1 is 1.19 bits per heavy atom. The molecule has 1 fully saturated rings. The zero-order valence-electron chi connectivity index (χ0n) is 16.4. The van der Waals surface area contributed by atoms with Crippen molar-refractivity contribution in [3.63, 3.8) is 0 Å². The van der Waals surface area contributed by atoms with Gasteiger partial charge in [0, 0.05) is 33.2 Å². The maximum atomic E-state index is 12.9. The van der Waals surface area contributed by atoms with E-state index in [4.69, 9.17) is 11.6 Å². The highest BCUT2D eigenvalue weighted by atomic mass is 35.5. The van der Waals surface area contributed by atoms with E-state index in [2.05, 4.69) is 25.6 Å². The van der Waals surface area contributed by atoms with Crippen LogP contribution >= 0.6 is 11.6 Å². The highest BCUT2D eigenvalue weighted by Crippen LogP contribution is 2.33. The van der Waals surface area contributed by atoms with Gasteiger partial charge in [0.2, 0.25) is 5.91 Å². The molecule has 13 heteroatoms. The van der Waals surface area contributed by atoms with Crippen molar-refractivity contribution in [2.75, 3.05) is 42.9 Å². The van der Waals surface area contributed by atoms with Gasteiger partial charge >= 0.3 is 6.18 Å². The largest absolute Gasteiger partial charge is 0.416 e. The third kappa shape index (κ3) is 4.54. The number of nitrogens with zero attached hydrogens (tertiary/aromatic N) is 7. The number of amides is 1. The van der Waals surface area contributed by atoms with Crippen molar-refractivity contribution < 1.29 is 18.0 Å². The van der Waals surface area contributed by atoms with Crippen LogP contribution in [0.15, 0.2) is 24.5 Å². The molecule has 0 aliphatic carbocycles. The summed E-state index contributed by atoms with van der Waals surface area (Å²) in [6.07, 6.45) is -3.06. The summed E-state index contributed by atoms with van der Waals surface area (Å²) in [7, 11) is 1.75. The smallest absolute Gasteiger partial charge is 0.352 e. The monoisotopic (exact) mass is 454 g/mol. The predicted octanol–water partition coefficient (Wildman–Crippen LogP) is 2.19. The zero-order chi connectivity index (χ0) is 22.2. The maximum Gasteiger partial charge on any atom is 0.416 e. The normalized spacial score (nSPS) is 15.5. The molecular weight excluding hydrogens is 437 g/mol. The van der Waals surface area contributed by atoms with Crippen LogP contribution in [-0.2, 0) is 18.0 Å². The lowest BCUT2D eigenvalue weighted by Crippen LogP contribution is -2.49. The van der Waals surface area contributed by atoms with E-state index >= 15 is 0 Å². The van der Waals surface area contributed by atoms with Crippen molar-refractivity contribution in [1.82, 2.24) is 29.9 Å². The fourth-order valence-corrected chi connectivity index (χ4v) is 3.55. The molecular formula is C18H18ClF3N8O. The number of hydrogen-bond acceptors (Lipinski definition) is 7. The first kappa shape index (κ1) is 21.2. The Morgan fingerprint density at radius 2 is 1.94 bits per heavy atom. The van der Waals surface area contributed by atoms with Gasteiger partial charge in [-0.1, -0.05) is 16.8 Å². The average Bonchev–Trinajstić information content (AvgIpc) is 3.10. The lowest BCUT2D eigenvalue weighted by molar-refractivity contribution is -0.137. The summed E-state index contributed by atoms with van der Waals surface area (Å²) in [5.41, 5.74) is 0.298. The Morgan fingerprint density at radius 3 is 2.65 bits per heavy atom. The summed E-state index contributed by atoms with van der Waals surface area (Å²) in [5, 5.41) is 10.6. The molecule has 1 aliphatic heterocycles. The standard InChI is InChI=1S/C18H18ClF3N8O/c1-28-16-15(26-27-28)17(24-10-23-16)30-6-4-29(5-7-30)9-14(31)25-13-8-11(18(20,21)22)2-3-12(13)19/h2-3,8,10H,4-7,9H2,1H3,(H,25,31). The Hall–Kier alpha value is -2.99. The molecule has 0 saturated carbocycles. The van der Waals surface area contributed by atoms with Crippen molar-refractivity contribution in [2.24, 2.45) is 7.05 Å². The minimum atomic E-state index is -4.52. The summed E-state index contributed by atoms with van der Waals surface area (Å²) in [4.78, 5) is 24.8. The number of rotatable bonds is 4. The van der Waals surface area contributed by atoms with Crippen LogP contribution in [0.4, 0.5) is 24.7 Å². The van der Waals surface area contributed by atoms with E-state index in [0.29, 0.717) is 43.2 Å². The number of benzene rings is 1. The SMILES string of the molecule is Cn1nnc2c(N3CCN(CC(=O)Nc4cc(C(F)(F)F)ccc4Cl)CC3)ncnc21. The second-order valence-corrected chi connectivity index (χ2v) is 7.49. The molecule has 0 unspecified atom stereocenters.